The van der Waals surface area contributed by atoms with Gasteiger partial charge in [0.1, 0.15) is 0 Å². The minimum atomic E-state index is -3.26. The predicted molar refractivity (Wildman–Crippen MR) is 94.3 cm³/mol. The Morgan fingerprint density at radius 2 is 1.59 bits per heavy atom. The maximum Gasteiger partial charge on any atom is 0.228 e. The van der Waals surface area contributed by atoms with E-state index in [2.05, 4.69) is 0 Å². The number of carbonyl (C=O) groups excluding carboxylic acids is 1. The van der Waals surface area contributed by atoms with Crippen molar-refractivity contribution in [2.45, 2.75) is 19.8 Å². The summed E-state index contributed by atoms with van der Waals surface area (Å²) in [5.74, 6) is 0. The molecule has 0 aromatic heterocycles. The molecule has 1 atom stereocenters. The Morgan fingerprint density at radius 1 is 1.00 bits per heavy atom. The Labute approximate surface area is 140 Å². The number of halogens is 2. The molecule has 0 saturated heterocycles. The molecule has 2 nitrogen and oxygen atoms in total. The third-order valence-electron chi connectivity index (χ3n) is 3.50. The first kappa shape index (κ1) is 17.3. The first-order valence-corrected chi connectivity index (χ1v) is 9.79. The summed E-state index contributed by atoms with van der Waals surface area (Å²) in [6, 6.07) is 13.7. The van der Waals surface area contributed by atoms with Crippen molar-refractivity contribution in [2.24, 2.45) is 0 Å². The zero-order valence-electron chi connectivity index (χ0n) is 12.3. The molecule has 0 saturated carbocycles. The van der Waals surface area contributed by atoms with E-state index in [1.165, 1.54) is 0 Å². The molecule has 0 aliphatic rings. The standard InChI is InChI=1S/C17H17Cl2O2P/c1-2-3-12-22(21,13-8-5-4-6-9-13)17(20)16-14(18)10-7-11-15(16)19/h4-11H,2-3,12H2,1H3. The number of unbranched alkanes of at least 4 members (excludes halogenated alkanes) is 1. The molecule has 5 heteroatoms. The maximum atomic E-state index is 13.5. The van der Waals surface area contributed by atoms with Crippen LogP contribution in [-0.4, -0.2) is 11.7 Å². The third-order valence-corrected chi connectivity index (χ3v) is 7.09. The number of hydrogen-bond donors (Lipinski definition) is 0. The Morgan fingerprint density at radius 3 is 2.14 bits per heavy atom. The van der Waals surface area contributed by atoms with Crippen molar-refractivity contribution in [2.75, 3.05) is 6.16 Å². The summed E-state index contributed by atoms with van der Waals surface area (Å²) in [4.78, 5) is 13.0. The van der Waals surface area contributed by atoms with Crippen LogP contribution < -0.4 is 5.30 Å². The molecule has 0 fully saturated rings. The summed E-state index contributed by atoms with van der Waals surface area (Å²) < 4.78 is 13.5. The second-order valence-corrected chi connectivity index (χ2v) is 8.72. The molecule has 0 amide bonds. The smallest absolute Gasteiger partial charge is 0.228 e. The normalized spacial score (nSPS) is 13.6. The maximum absolute atomic E-state index is 13.5. The van der Waals surface area contributed by atoms with Gasteiger partial charge in [-0.2, -0.15) is 0 Å². The molecule has 0 bridgehead atoms. The zero-order valence-corrected chi connectivity index (χ0v) is 14.7. The van der Waals surface area contributed by atoms with Gasteiger partial charge < -0.3 is 4.57 Å². The van der Waals surface area contributed by atoms with E-state index >= 15 is 0 Å². The van der Waals surface area contributed by atoms with E-state index in [-0.39, 0.29) is 15.6 Å². The van der Waals surface area contributed by atoms with Crippen LogP contribution in [-0.2, 0) is 4.57 Å². The number of carbonyl (C=O) groups is 1. The van der Waals surface area contributed by atoms with E-state index in [1.54, 1.807) is 42.5 Å². The van der Waals surface area contributed by atoms with Crippen molar-refractivity contribution in [1.82, 2.24) is 0 Å². The fourth-order valence-electron chi connectivity index (χ4n) is 2.28. The largest absolute Gasteiger partial charge is 0.310 e. The summed E-state index contributed by atoms with van der Waals surface area (Å²) in [5.41, 5.74) is -0.295. The lowest BCUT2D eigenvalue weighted by molar-refractivity contribution is 0.107. The van der Waals surface area contributed by atoms with Crippen molar-refractivity contribution >= 4 is 41.2 Å². The molecule has 1 unspecified atom stereocenters. The summed E-state index contributed by atoms with van der Waals surface area (Å²) in [6.07, 6.45) is 1.90. The van der Waals surface area contributed by atoms with Crippen LogP contribution in [0.15, 0.2) is 48.5 Å². The molecule has 0 N–H and O–H groups in total. The van der Waals surface area contributed by atoms with Crippen molar-refractivity contribution < 1.29 is 9.36 Å². The van der Waals surface area contributed by atoms with Gasteiger partial charge in [-0.25, -0.2) is 0 Å². The monoisotopic (exact) mass is 354 g/mol. The summed E-state index contributed by atoms with van der Waals surface area (Å²) in [5, 5.41) is 1.04. The van der Waals surface area contributed by atoms with E-state index in [0.717, 1.165) is 6.42 Å². The minimum absolute atomic E-state index is 0.161. The first-order valence-electron chi connectivity index (χ1n) is 7.14. The summed E-state index contributed by atoms with van der Waals surface area (Å²) >= 11 is 12.3. The molecule has 2 aromatic carbocycles. The molecule has 0 spiro atoms. The Hall–Kier alpha value is -1.08. The molecular formula is C17H17Cl2O2P. The molecule has 116 valence electrons. The molecule has 22 heavy (non-hydrogen) atoms. The van der Waals surface area contributed by atoms with Gasteiger partial charge in [-0.1, -0.05) is 72.9 Å². The molecule has 2 rings (SSSR count). The Balaban J connectivity index is 2.55. The van der Waals surface area contributed by atoms with Crippen molar-refractivity contribution in [3.63, 3.8) is 0 Å². The van der Waals surface area contributed by atoms with Crippen LogP contribution in [0.2, 0.25) is 10.0 Å². The highest BCUT2D eigenvalue weighted by atomic mass is 35.5. The minimum Gasteiger partial charge on any atom is -0.310 e. The van der Waals surface area contributed by atoms with E-state index in [0.29, 0.717) is 17.9 Å². The van der Waals surface area contributed by atoms with Gasteiger partial charge in [-0.05, 0) is 18.6 Å². The lowest BCUT2D eigenvalue weighted by Crippen LogP contribution is -2.16. The van der Waals surface area contributed by atoms with Crippen molar-refractivity contribution in [3.8, 4) is 0 Å². The molecule has 2 aromatic rings. The van der Waals surface area contributed by atoms with Gasteiger partial charge in [0.05, 0.1) is 15.6 Å². The van der Waals surface area contributed by atoms with Crippen LogP contribution in [0.4, 0.5) is 0 Å². The van der Waals surface area contributed by atoms with Gasteiger partial charge in [0.2, 0.25) is 5.52 Å². The summed E-state index contributed by atoms with van der Waals surface area (Å²) in [6.45, 7) is 2.00. The molecule has 0 aliphatic carbocycles. The highest BCUT2D eigenvalue weighted by molar-refractivity contribution is 7.87. The van der Waals surface area contributed by atoms with Crippen LogP contribution in [0.1, 0.15) is 30.1 Å². The van der Waals surface area contributed by atoms with Crippen molar-refractivity contribution in [3.05, 3.63) is 64.1 Å². The molecule has 0 heterocycles. The van der Waals surface area contributed by atoms with E-state index in [1.807, 2.05) is 13.0 Å². The van der Waals surface area contributed by atoms with Crippen molar-refractivity contribution in [1.29, 1.82) is 0 Å². The number of benzene rings is 2. The molecule has 0 aliphatic heterocycles. The number of rotatable bonds is 6. The fourth-order valence-corrected chi connectivity index (χ4v) is 5.69. The van der Waals surface area contributed by atoms with E-state index in [9.17, 15) is 9.36 Å². The average molecular weight is 355 g/mol. The second kappa shape index (κ2) is 7.46. The lowest BCUT2D eigenvalue weighted by atomic mass is 10.2. The van der Waals surface area contributed by atoms with Crippen LogP contribution in [0, 0.1) is 0 Å². The van der Waals surface area contributed by atoms with Crippen LogP contribution in [0.5, 0.6) is 0 Å². The zero-order chi connectivity index (χ0) is 16.2. The second-order valence-electron chi connectivity index (χ2n) is 5.05. The topological polar surface area (TPSA) is 34.1 Å². The van der Waals surface area contributed by atoms with E-state index in [4.69, 9.17) is 23.2 Å². The predicted octanol–water partition coefficient (Wildman–Crippen LogP) is 5.62. The van der Waals surface area contributed by atoms with E-state index < -0.39 is 12.7 Å². The highest BCUT2D eigenvalue weighted by Gasteiger charge is 2.36. The number of hydrogen-bond acceptors (Lipinski definition) is 2. The summed E-state index contributed by atoms with van der Waals surface area (Å²) in [7, 11) is -3.26. The van der Waals surface area contributed by atoms with Gasteiger partial charge in [-0.15, -0.1) is 0 Å². The highest BCUT2D eigenvalue weighted by Crippen LogP contribution is 2.50. The van der Waals surface area contributed by atoms with Gasteiger partial charge >= 0.3 is 0 Å². The first-order chi connectivity index (χ1) is 10.5. The molecule has 0 radical (unpaired) electrons. The SMILES string of the molecule is CCCCP(=O)(C(=O)c1c(Cl)cccc1Cl)c1ccccc1. The van der Waals surface area contributed by atoms with Gasteiger partial charge in [0.15, 0.2) is 7.14 Å². The Bertz CT molecular complexity index is 694. The quantitative estimate of drug-likeness (QED) is 0.630. The van der Waals surface area contributed by atoms with Gasteiger partial charge in [0, 0.05) is 11.5 Å². The lowest BCUT2D eigenvalue weighted by Gasteiger charge is -2.18. The van der Waals surface area contributed by atoms with Gasteiger partial charge in [-0.3, -0.25) is 4.79 Å². The van der Waals surface area contributed by atoms with Crippen LogP contribution in [0.25, 0.3) is 0 Å². The fraction of sp³-hybridized carbons (Fsp3) is 0.235. The van der Waals surface area contributed by atoms with Crippen LogP contribution in [0.3, 0.4) is 0 Å². The third kappa shape index (κ3) is 3.46. The van der Waals surface area contributed by atoms with Crippen LogP contribution >= 0.6 is 30.3 Å². The van der Waals surface area contributed by atoms with Gasteiger partial charge in [0.25, 0.3) is 0 Å². The Kier molecular flexibility index (Phi) is 5.86. The average Bonchev–Trinajstić information content (AvgIpc) is 2.53. The molecular weight excluding hydrogens is 338 g/mol.